The van der Waals surface area contributed by atoms with Crippen LogP contribution < -0.4 is 0 Å². The molecule has 0 fully saturated rings. The number of hydrogen-bond acceptors (Lipinski definition) is 1. The summed E-state index contributed by atoms with van der Waals surface area (Å²) in [6, 6.07) is 12.1. The van der Waals surface area contributed by atoms with E-state index >= 15 is 0 Å². The Morgan fingerprint density at radius 1 is 1.19 bits per heavy atom. The van der Waals surface area contributed by atoms with E-state index in [-0.39, 0.29) is 11.6 Å². The molecule has 2 aromatic carbocycles. The zero-order valence-electron chi connectivity index (χ0n) is 11.3. The molecular formula is C17H14ClF2N. The standard InChI is InChI=1S/C17H14ClF2N/c18-14-4-2-1-3-13(14)17-8-7-16(21-17)11-5-6-15(20)12(9-11)10-19/h1-6,9,16H,7-8,10H2. The first-order valence-electron chi connectivity index (χ1n) is 6.85. The van der Waals surface area contributed by atoms with Crippen LogP contribution in [0.15, 0.2) is 47.5 Å². The van der Waals surface area contributed by atoms with Crippen molar-refractivity contribution < 1.29 is 8.78 Å². The first-order chi connectivity index (χ1) is 10.2. The Labute approximate surface area is 127 Å². The van der Waals surface area contributed by atoms with Crippen LogP contribution in [0.3, 0.4) is 0 Å². The minimum Gasteiger partial charge on any atom is -0.281 e. The molecule has 0 radical (unpaired) electrons. The van der Waals surface area contributed by atoms with Gasteiger partial charge in [-0.25, -0.2) is 8.78 Å². The van der Waals surface area contributed by atoms with Crippen LogP contribution in [-0.2, 0) is 6.67 Å². The minimum atomic E-state index is -0.798. The van der Waals surface area contributed by atoms with E-state index < -0.39 is 12.5 Å². The van der Waals surface area contributed by atoms with Crippen LogP contribution in [0.2, 0.25) is 5.02 Å². The van der Waals surface area contributed by atoms with E-state index in [4.69, 9.17) is 11.6 Å². The first-order valence-corrected chi connectivity index (χ1v) is 7.22. The summed E-state index contributed by atoms with van der Waals surface area (Å²) < 4.78 is 26.1. The molecule has 0 amide bonds. The predicted octanol–water partition coefficient (Wildman–Crippen LogP) is 5.27. The zero-order chi connectivity index (χ0) is 14.8. The molecule has 1 heterocycles. The normalized spacial score (nSPS) is 17.9. The molecule has 0 aliphatic carbocycles. The molecule has 1 aliphatic rings. The molecule has 2 aromatic rings. The van der Waals surface area contributed by atoms with Gasteiger partial charge in [-0.05, 0) is 36.6 Å². The summed E-state index contributed by atoms with van der Waals surface area (Å²) >= 11 is 6.19. The van der Waals surface area contributed by atoms with E-state index in [9.17, 15) is 8.78 Å². The molecule has 0 bridgehead atoms. The number of aliphatic imine (C=N–C) groups is 1. The lowest BCUT2D eigenvalue weighted by Crippen LogP contribution is -1.96. The molecule has 3 rings (SSSR count). The number of alkyl halides is 1. The largest absolute Gasteiger partial charge is 0.281 e. The van der Waals surface area contributed by atoms with Gasteiger partial charge in [0.2, 0.25) is 0 Å². The van der Waals surface area contributed by atoms with E-state index in [2.05, 4.69) is 4.99 Å². The Balaban J connectivity index is 1.91. The van der Waals surface area contributed by atoms with Crippen LogP contribution in [0.4, 0.5) is 8.78 Å². The summed E-state index contributed by atoms with van der Waals surface area (Å²) in [4.78, 5) is 4.68. The molecule has 1 aliphatic heterocycles. The lowest BCUT2D eigenvalue weighted by atomic mass is 10.0. The highest BCUT2D eigenvalue weighted by atomic mass is 35.5. The Kier molecular flexibility index (Phi) is 4.02. The molecule has 0 aromatic heterocycles. The average molecular weight is 306 g/mol. The van der Waals surface area contributed by atoms with Gasteiger partial charge in [0.15, 0.2) is 0 Å². The van der Waals surface area contributed by atoms with Crippen LogP contribution in [0.5, 0.6) is 0 Å². The zero-order valence-corrected chi connectivity index (χ0v) is 12.1. The van der Waals surface area contributed by atoms with Gasteiger partial charge < -0.3 is 0 Å². The smallest absolute Gasteiger partial charge is 0.129 e. The predicted molar refractivity (Wildman–Crippen MR) is 81.2 cm³/mol. The van der Waals surface area contributed by atoms with Crippen molar-refractivity contribution in [1.82, 2.24) is 0 Å². The summed E-state index contributed by atoms with van der Waals surface area (Å²) in [6.45, 7) is -0.798. The van der Waals surface area contributed by atoms with Crippen molar-refractivity contribution in [3.8, 4) is 0 Å². The van der Waals surface area contributed by atoms with Gasteiger partial charge in [-0.3, -0.25) is 4.99 Å². The van der Waals surface area contributed by atoms with Gasteiger partial charge in [0.05, 0.1) is 6.04 Å². The molecular weight excluding hydrogens is 292 g/mol. The fourth-order valence-electron chi connectivity index (χ4n) is 2.64. The molecule has 21 heavy (non-hydrogen) atoms. The fourth-order valence-corrected chi connectivity index (χ4v) is 2.88. The van der Waals surface area contributed by atoms with E-state index in [1.165, 1.54) is 6.07 Å². The van der Waals surface area contributed by atoms with Crippen LogP contribution in [0, 0.1) is 5.82 Å². The number of rotatable bonds is 3. The molecule has 0 saturated carbocycles. The highest BCUT2D eigenvalue weighted by Gasteiger charge is 2.22. The Morgan fingerprint density at radius 3 is 2.76 bits per heavy atom. The molecule has 1 atom stereocenters. The molecule has 0 saturated heterocycles. The number of benzene rings is 2. The molecule has 4 heteroatoms. The Bertz CT molecular complexity index is 697. The third-order valence-corrected chi connectivity index (χ3v) is 4.08. The van der Waals surface area contributed by atoms with Gasteiger partial charge >= 0.3 is 0 Å². The molecule has 1 unspecified atom stereocenters. The highest BCUT2D eigenvalue weighted by molar-refractivity contribution is 6.34. The highest BCUT2D eigenvalue weighted by Crippen LogP contribution is 2.33. The van der Waals surface area contributed by atoms with Crippen molar-refractivity contribution in [2.24, 2.45) is 4.99 Å². The third kappa shape index (κ3) is 2.84. The van der Waals surface area contributed by atoms with E-state index in [1.54, 1.807) is 12.1 Å². The van der Waals surface area contributed by atoms with E-state index in [0.717, 1.165) is 29.7 Å². The van der Waals surface area contributed by atoms with Gasteiger partial charge in [-0.2, -0.15) is 0 Å². The van der Waals surface area contributed by atoms with Crippen LogP contribution >= 0.6 is 11.6 Å². The van der Waals surface area contributed by atoms with Crippen molar-refractivity contribution >= 4 is 17.3 Å². The maximum Gasteiger partial charge on any atom is 0.129 e. The number of nitrogens with zero attached hydrogens (tertiary/aromatic N) is 1. The minimum absolute atomic E-state index is 0.0535. The monoisotopic (exact) mass is 305 g/mol. The summed E-state index contributed by atoms with van der Waals surface area (Å²) in [5.74, 6) is -0.505. The molecule has 0 N–H and O–H groups in total. The summed E-state index contributed by atoms with van der Waals surface area (Å²) in [7, 11) is 0. The first kappa shape index (κ1) is 14.2. The topological polar surface area (TPSA) is 12.4 Å². The van der Waals surface area contributed by atoms with Crippen molar-refractivity contribution in [2.45, 2.75) is 25.6 Å². The quantitative estimate of drug-likeness (QED) is 0.732. The fraction of sp³-hybridized carbons (Fsp3) is 0.235. The maximum atomic E-state index is 13.4. The second kappa shape index (κ2) is 5.94. The van der Waals surface area contributed by atoms with Crippen LogP contribution in [0.1, 0.15) is 35.6 Å². The molecule has 108 valence electrons. The van der Waals surface area contributed by atoms with Crippen LogP contribution in [-0.4, -0.2) is 5.71 Å². The van der Waals surface area contributed by atoms with Gasteiger partial charge in [0.25, 0.3) is 0 Å². The summed E-state index contributed by atoms with van der Waals surface area (Å²) in [5.41, 5.74) is 2.84. The van der Waals surface area contributed by atoms with Crippen LogP contribution in [0.25, 0.3) is 0 Å². The average Bonchev–Trinajstić information content (AvgIpc) is 2.98. The Morgan fingerprint density at radius 2 is 2.00 bits per heavy atom. The Hall–Kier alpha value is -1.74. The second-order valence-electron chi connectivity index (χ2n) is 5.09. The number of hydrogen-bond donors (Lipinski definition) is 0. The molecule has 1 nitrogen and oxygen atoms in total. The molecule has 0 spiro atoms. The van der Waals surface area contributed by atoms with Crippen molar-refractivity contribution in [3.05, 3.63) is 70.0 Å². The van der Waals surface area contributed by atoms with Crippen molar-refractivity contribution in [1.29, 1.82) is 0 Å². The van der Waals surface area contributed by atoms with Gasteiger partial charge in [0, 0.05) is 21.9 Å². The van der Waals surface area contributed by atoms with Gasteiger partial charge in [0.1, 0.15) is 12.5 Å². The summed E-state index contributed by atoms with van der Waals surface area (Å²) in [5, 5.41) is 0.681. The van der Waals surface area contributed by atoms with Gasteiger partial charge in [-0.1, -0.05) is 35.9 Å². The number of halogens is 3. The second-order valence-corrected chi connectivity index (χ2v) is 5.50. The third-order valence-electron chi connectivity index (χ3n) is 3.75. The lowest BCUT2D eigenvalue weighted by molar-refractivity contribution is 0.463. The van der Waals surface area contributed by atoms with E-state index in [1.807, 2.05) is 24.3 Å². The van der Waals surface area contributed by atoms with E-state index in [0.29, 0.717) is 5.02 Å². The lowest BCUT2D eigenvalue weighted by Gasteiger charge is -2.08. The maximum absolute atomic E-state index is 13.4. The summed E-state index contributed by atoms with van der Waals surface area (Å²) in [6.07, 6.45) is 1.65. The van der Waals surface area contributed by atoms with Crippen molar-refractivity contribution in [3.63, 3.8) is 0 Å². The van der Waals surface area contributed by atoms with Gasteiger partial charge in [-0.15, -0.1) is 0 Å². The SMILES string of the molecule is FCc1cc(C2CCC(c3ccccc3Cl)=N2)ccc1F. The van der Waals surface area contributed by atoms with Crippen molar-refractivity contribution in [2.75, 3.05) is 0 Å².